The Morgan fingerprint density at radius 3 is 2.68 bits per heavy atom. The van der Waals surface area contributed by atoms with E-state index in [0.29, 0.717) is 11.6 Å². The largest absolute Gasteiger partial charge is 0.505 e. The summed E-state index contributed by atoms with van der Waals surface area (Å²) in [5.41, 5.74) is 10.3. The lowest BCUT2D eigenvalue weighted by atomic mass is 10.1. The minimum absolute atomic E-state index is 0.237. The number of aromatic nitrogens is 2. The number of phenols is 1. The number of para-hydroxylation sites is 2. The molecule has 0 saturated heterocycles. The number of rotatable bonds is 1. The van der Waals surface area contributed by atoms with Crippen LogP contribution in [0.25, 0.3) is 16.7 Å². The average molecular weight is 253 g/mol. The smallest absolute Gasteiger partial charge is 0.206 e. The van der Waals surface area contributed by atoms with E-state index >= 15 is 0 Å². The molecule has 3 rings (SSSR count). The molecule has 4 heteroatoms. The summed E-state index contributed by atoms with van der Waals surface area (Å²) in [7, 11) is 0. The number of phenolic OH excluding ortho intramolecular Hbond substituents is 1. The van der Waals surface area contributed by atoms with Gasteiger partial charge in [-0.1, -0.05) is 18.2 Å². The molecule has 1 heterocycles. The first kappa shape index (κ1) is 11.6. The second kappa shape index (κ2) is 4.02. The monoisotopic (exact) mass is 253 g/mol. The molecule has 0 bridgehead atoms. The third-order valence-corrected chi connectivity index (χ3v) is 3.25. The van der Waals surface area contributed by atoms with Crippen LogP contribution in [0.15, 0.2) is 36.4 Å². The molecule has 0 amide bonds. The number of hydrogen-bond donors (Lipinski definition) is 2. The van der Waals surface area contributed by atoms with Gasteiger partial charge in [-0.25, -0.2) is 4.98 Å². The number of aryl methyl sites for hydroxylation is 2. The lowest BCUT2D eigenvalue weighted by Gasteiger charge is -2.12. The fourth-order valence-corrected chi connectivity index (χ4v) is 2.41. The van der Waals surface area contributed by atoms with Gasteiger partial charge in [-0.2, -0.15) is 0 Å². The highest BCUT2D eigenvalue weighted by Gasteiger charge is 2.14. The lowest BCUT2D eigenvalue weighted by molar-refractivity contribution is 0.468. The van der Waals surface area contributed by atoms with Gasteiger partial charge < -0.3 is 10.8 Å². The van der Waals surface area contributed by atoms with Crippen molar-refractivity contribution in [3.05, 3.63) is 47.5 Å². The maximum atomic E-state index is 10.3. The van der Waals surface area contributed by atoms with Gasteiger partial charge in [-0.3, -0.25) is 4.57 Å². The van der Waals surface area contributed by atoms with E-state index in [4.69, 9.17) is 5.73 Å². The predicted octanol–water partition coefficient (Wildman–Crippen LogP) is 2.93. The van der Waals surface area contributed by atoms with E-state index in [1.807, 2.05) is 50.2 Å². The van der Waals surface area contributed by atoms with E-state index in [2.05, 4.69) is 4.98 Å². The van der Waals surface area contributed by atoms with Crippen molar-refractivity contribution in [1.29, 1.82) is 0 Å². The number of nitrogens with zero attached hydrogens (tertiary/aromatic N) is 2. The van der Waals surface area contributed by atoms with Crippen LogP contribution in [0.5, 0.6) is 5.75 Å². The summed E-state index contributed by atoms with van der Waals surface area (Å²) in [5.74, 6) is 0.613. The van der Waals surface area contributed by atoms with Gasteiger partial charge in [0.05, 0.1) is 16.7 Å². The zero-order valence-electron chi connectivity index (χ0n) is 10.9. The van der Waals surface area contributed by atoms with Crippen LogP contribution in [0.2, 0.25) is 0 Å². The molecule has 96 valence electrons. The summed E-state index contributed by atoms with van der Waals surface area (Å²) in [6.45, 7) is 3.87. The zero-order valence-corrected chi connectivity index (χ0v) is 10.9. The molecule has 0 aliphatic rings. The first-order valence-electron chi connectivity index (χ1n) is 6.11. The summed E-state index contributed by atoms with van der Waals surface area (Å²) in [6, 6.07) is 11.5. The van der Waals surface area contributed by atoms with Crippen molar-refractivity contribution in [2.75, 3.05) is 5.73 Å². The SMILES string of the molecule is Cc1cc(C)c(O)c(-n2c(N)nc3ccccc32)c1. The molecule has 4 nitrogen and oxygen atoms in total. The molecule has 3 N–H and O–H groups in total. The Morgan fingerprint density at radius 1 is 1.16 bits per heavy atom. The first-order valence-corrected chi connectivity index (χ1v) is 6.11. The number of benzene rings is 2. The lowest BCUT2D eigenvalue weighted by Crippen LogP contribution is -2.02. The van der Waals surface area contributed by atoms with E-state index in [1.54, 1.807) is 4.57 Å². The summed E-state index contributed by atoms with van der Waals surface area (Å²) in [4.78, 5) is 4.32. The Morgan fingerprint density at radius 2 is 1.89 bits per heavy atom. The van der Waals surface area contributed by atoms with Crippen LogP contribution in [-0.4, -0.2) is 14.7 Å². The van der Waals surface area contributed by atoms with Gasteiger partial charge in [0, 0.05) is 0 Å². The molecule has 0 fully saturated rings. The van der Waals surface area contributed by atoms with Crippen molar-refractivity contribution >= 4 is 17.0 Å². The molecule has 0 radical (unpaired) electrons. The first-order chi connectivity index (χ1) is 9.08. The van der Waals surface area contributed by atoms with E-state index in [1.165, 1.54) is 0 Å². The van der Waals surface area contributed by atoms with Gasteiger partial charge in [0.1, 0.15) is 5.75 Å². The van der Waals surface area contributed by atoms with Crippen molar-refractivity contribution in [3.8, 4) is 11.4 Å². The Labute approximate surface area is 111 Å². The maximum Gasteiger partial charge on any atom is 0.206 e. The topological polar surface area (TPSA) is 64.1 Å². The van der Waals surface area contributed by atoms with Gasteiger partial charge in [-0.05, 0) is 43.2 Å². The van der Waals surface area contributed by atoms with Crippen LogP contribution < -0.4 is 5.73 Å². The van der Waals surface area contributed by atoms with Gasteiger partial charge in [0.25, 0.3) is 0 Å². The quantitative estimate of drug-likeness (QED) is 0.700. The van der Waals surface area contributed by atoms with Gasteiger partial charge in [-0.15, -0.1) is 0 Å². The molecular weight excluding hydrogens is 238 g/mol. The average Bonchev–Trinajstić information content (AvgIpc) is 2.70. The molecule has 0 atom stereocenters. The van der Waals surface area contributed by atoms with E-state index < -0.39 is 0 Å². The Kier molecular flexibility index (Phi) is 2.45. The highest BCUT2D eigenvalue weighted by Crippen LogP contribution is 2.32. The van der Waals surface area contributed by atoms with Crippen LogP contribution >= 0.6 is 0 Å². The van der Waals surface area contributed by atoms with Crippen molar-refractivity contribution in [3.63, 3.8) is 0 Å². The molecule has 0 saturated carbocycles. The highest BCUT2D eigenvalue weighted by atomic mass is 16.3. The molecule has 0 aliphatic heterocycles. The predicted molar refractivity (Wildman–Crippen MR) is 76.6 cm³/mol. The van der Waals surface area contributed by atoms with Crippen LogP contribution in [0.4, 0.5) is 5.95 Å². The van der Waals surface area contributed by atoms with Gasteiger partial charge in [0.2, 0.25) is 5.95 Å². The Bertz CT molecular complexity index is 774. The number of aromatic hydroxyl groups is 1. The molecule has 3 aromatic rings. The molecule has 19 heavy (non-hydrogen) atoms. The number of anilines is 1. The zero-order chi connectivity index (χ0) is 13.6. The molecule has 1 aromatic heterocycles. The molecule has 0 aliphatic carbocycles. The Hall–Kier alpha value is -2.49. The normalized spacial score (nSPS) is 11.1. The fourth-order valence-electron chi connectivity index (χ4n) is 2.41. The van der Waals surface area contributed by atoms with Crippen molar-refractivity contribution in [2.24, 2.45) is 0 Å². The minimum Gasteiger partial charge on any atom is -0.505 e. The standard InChI is InChI=1S/C15H15N3O/c1-9-7-10(2)14(19)13(8-9)18-12-6-4-3-5-11(12)17-15(18)16/h3-8,19H,1-2H3,(H2,16,17). The summed E-state index contributed by atoms with van der Waals surface area (Å²) < 4.78 is 1.78. The number of hydrogen-bond acceptors (Lipinski definition) is 3. The third-order valence-electron chi connectivity index (χ3n) is 3.25. The second-order valence-corrected chi connectivity index (χ2v) is 4.74. The summed E-state index contributed by atoms with van der Waals surface area (Å²) >= 11 is 0. The van der Waals surface area contributed by atoms with Crippen LogP contribution in [0.1, 0.15) is 11.1 Å². The van der Waals surface area contributed by atoms with Gasteiger partial charge in [0.15, 0.2) is 0 Å². The van der Waals surface area contributed by atoms with E-state index in [0.717, 1.165) is 22.2 Å². The van der Waals surface area contributed by atoms with Crippen molar-refractivity contribution in [2.45, 2.75) is 13.8 Å². The summed E-state index contributed by atoms with van der Waals surface area (Å²) in [6.07, 6.45) is 0. The number of nitrogen functional groups attached to an aromatic ring is 1. The number of imidazole rings is 1. The van der Waals surface area contributed by atoms with Gasteiger partial charge >= 0.3 is 0 Å². The molecule has 0 unspecified atom stereocenters. The van der Waals surface area contributed by atoms with E-state index in [-0.39, 0.29) is 5.75 Å². The van der Waals surface area contributed by atoms with Crippen molar-refractivity contribution < 1.29 is 5.11 Å². The van der Waals surface area contributed by atoms with Crippen molar-refractivity contribution in [1.82, 2.24) is 9.55 Å². The minimum atomic E-state index is 0.237. The molecular formula is C15H15N3O. The summed E-state index contributed by atoms with van der Waals surface area (Å²) in [5, 5.41) is 10.3. The number of fused-ring (bicyclic) bond motifs is 1. The second-order valence-electron chi connectivity index (χ2n) is 4.74. The third kappa shape index (κ3) is 1.73. The molecule has 2 aromatic carbocycles. The maximum absolute atomic E-state index is 10.3. The highest BCUT2D eigenvalue weighted by molar-refractivity contribution is 5.81. The number of nitrogens with two attached hydrogens (primary N) is 1. The van der Waals surface area contributed by atoms with E-state index in [9.17, 15) is 5.11 Å². The van der Waals surface area contributed by atoms with Crippen LogP contribution in [-0.2, 0) is 0 Å². The molecule has 0 spiro atoms. The Balaban J connectivity index is 2.39. The van der Waals surface area contributed by atoms with Crippen LogP contribution in [0.3, 0.4) is 0 Å². The fraction of sp³-hybridized carbons (Fsp3) is 0.133. The van der Waals surface area contributed by atoms with Crippen LogP contribution in [0, 0.1) is 13.8 Å².